The molecule has 6 nitrogen and oxygen atoms in total. The van der Waals surface area contributed by atoms with Gasteiger partial charge in [0, 0.05) is 30.5 Å². The lowest BCUT2D eigenvalue weighted by molar-refractivity contribution is 0.415. The van der Waals surface area contributed by atoms with Crippen LogP contribution in [0.3, 0.4) is 0 Å². The minimum atomic E-state index is 0.579. The van der Waals surface area contributed by atoms with Crippen LogP contribution in [0.4, 0.5) is 29.0 Å². The second-order valence-corrected chi connectivity index (χ2v) is 7.78. The van der Waals surface area contributed by atoms with E-state index in [0.717, 1.165) is 41.8 Å². The van der Waals surface area contributed by atoms with Crippen LogP contribution in [0, 0.1) is 13.8 Å². The molecule has 30 heavy (non-hydrogen) atoms. The van der Waals surface area contributed by atoms with Crippen molar-refractivity contribution in [1.82, 2.24) is 9.97 Å². The molecule has 0 unspecified atom stereocenters. The van der Waals surface area contributed by atoms with Gasteiger partial charge in [-0.2, -0.15) is 9.97 Å². The van der Waals surface area contributed by atoms with Gasteiger partial charge < -0.3 is 20.3 Å². The van der Waals surface area contributed by atoms with E-state index in [1.807, 2.05) is 30.3 Å². The number of anilines is 5. The molecule has 2 aromatic carbocycles. The lowest BCUT2D eigenvalue weighted by atomic mass is 10.1. The fourth-order valence-electron chi connectivity index (χ4n) is 3.73. The van der Waals surface area contributed by atoms with E-state index in [1.165, 1.54) is 30.4 Å². The molecule has 2 heterocycles. The maximum atomic E-state index is 5.25. The van der Waals surface area contributed by atoms with Gasteiger partial charge in [-0.15, -0.1) is 0 Å². The summed E-state index contributed by atoms with van der Waals surface area (Å²) in [7, 11) is 1.67. The maximum Gasteiger partial charge on any atom is 0.231 e. The van der Waals surface area contributed by atoms with Crippen LogP contribution < -0.4 is 20.3 Å². The Morgan fingerprint density at radius 1 is 0.867 bits per heavy atom. The molecule has 1 aliphatic rings. The van der Waals surface area contributed by atoms with E-state index in [1.54, 1.807) is 7.11 Å². The third-order valence-corrected chi connectivity index (χ3v) is 5.38. The molecular weight excluding hydrogens is 374 g/mol. The highest BCUT2D eigenvalue weighted by atomic mass is 16.5. The Labute approximate surface area is 178 Å². The molecule has 2 N–H and O–H groups in total. The van der Waals surface area contributed by atoms with Crippen molar-refractivity contribution in [2.75, 3.05) is 35.7 Å². The van der Waals surface area contributed by atoms with E-state index in [9.17, 15) is 0 Å². The van der Waals surface area contributed by atoms with E-state index in [0.29, 0.717) is 5.95 Å². The molecule has 1 aromatic heterocycles. The van der Waals surface area contributed by atoms with Crippen molar-refractivity contribution in [3.05, 3.63) is 59.7 Å². The molecule has 0 radical (unpaired) electrons. The lowest BCUT2D eigenvalue weighted by Gasteiger charge is -2.28. The molecule has 1 saturated heterocycles. The third kappa shape index (κ3) is 4.82. The molecule has 0 atom stereocenters. The van der Waals surface area contributed by atoms with Crippen molar-refractivity contribution in [3.8, 4) is 5.75 Å². The number of aryl methyl sites for hydroxylation is 2. The van der Waals surface area contributed by atoms with Crippen molar-refractivity contribution in [2.24, 2.45) is 0 Å². The number of piperidine rings is 1. The highest BCUT2D eigenvalue weighted by Crippen LogP contribution is 2.27. The van der Waals surface area contributed by atoms with Gasteiger partial charge in [0.25, 0.3) is 0 Å². The summed E-state index contributed by atoms with van der Waals surface area (Å²) in [6.07, 6.45) is 3.68. The summed E-state index contributed by atoms with van der Waals surface area (Å²) in [5.74, 6) is 3.14. The number of hydrogen-bond donors (Lipinski definition) is 2. The van der Waals surface area contributed by atoms with Crippen LogP contribution in [0.15, 0.2) is 48.5 Å². The average molecular weight is 404 g/mol. The lowest BCUT2D eigenvalue weighted by Crippen LogP contribution is -2.30. The van der Waals surface area contributed by atoms with Gasteiger partial charge in [-0.05, 0) is 69.0 Å². The van der Waals surface area contributed by atoms with Crippen LogP contribution in [0.2, 0.25) is 0 Å². The first-order valence-corrected chi connectivity index (χ1v) is 10.5. The molecule has 6 heteroatoms. The number of aromatic nitrogens is 2. The number of benzene rings is 2. The Hall–Kier alpha value is -3.28. The van der Waals surface area contributed by atoms with Crippen LogP contribution >= 0.6 is 0 Å². The molecule has 4 rings (SSSR count). The Morgan fingerprint density at radius 3 is 2.33 bits per heavy atom. The Kier molecular flexibility index (Phi) is 6.02. The van der Waals surface area contributed by atoms with Crippen LogP contribution in [-0.2, 0) is 0 Å². The number of methoxy groups -OCH3 is 1. The van der Waals surface area contributed by atoms with E-state index < -0.39 is 0 Å². The van der Waals surface area contributed by atoms with Crippen LogP contribution in [0.25, 0.3) is 0 Å². The fraction of sp³-hybridized carbons (Fsp3) is 0.333. The van der Waals surface area contributed by atoms with Gasteiger partial charge in [0.15, 0.2) is 0 Å². The molecule has 1 aliphatic heterocycles. The largest absolute Gasteiger partial charge is 0.497 e. The van der Waals surface area contributed by atoms with Crippen molar-refractivity contribution in [2.45, 2.75) is 33.1 Å². The van der Waals surface area contributed by atoms with Gasteiger partial charge in [-0.25, -0.2) is 0 Å². The van der Waals surface area contributed by atoms with E-state index in [-0.39, 0.29) is 0 Å². The van der Waals surface area contributed by atoms with Gasteiger partial charge >= 0.3 is 0 Å². The Balaban J connectivity index is 1.64. The molecule has 3 aromatic rings. The normalized spacial score (nSPS) is 13.8. The number of nitrogens with one attached hydrogen (secondary N) is 2. The zero-order valence-electron chi connectivity index (χ0n) is 17.9. The Bertz CT molecular complexity index is 997. The van der Waals surface area contributed by atoms with Crippen LogP contribution in [0.5, 0.6) is 5.75 Å². The molecule has 0 saturated carbocycles. The number of hydrogen-bond acceptors (Lipinski definition) is 6. The highest BCUT2D eigenvalue weighted by molar-refractivity contribution is 5.66. The van der Waals surface area contributed by atoms with Crippen molar-refractivity contribution in [3.63, 3.8) is 0 Å². The topological polar surface area (TPSA) is 62.3 Å². The molecule has 0 amide bonds. The average Bonchev–Trinajstić information content (AvgIpc) is 2.77. The molecular formula is C24H29N5O. The SMILES string of the molecule is COc1ccc(Nc2nc(Nc3ccc(C)cc3C)cc(N3CCCCC3)n2)cc1. The summed E-state index contributed by atoms with van der Waals surface area (Å²) >= 11 is 0. The van der Waals surface area contributed by atoms with Gasteiger partial charge in [-0.1, -0.05) is 17.7 Å². The summed E-state index contributed by atoms with van der Waals surface area (Å²) in [5, 5.41) is 6.83. The van der Waals surface area contributed by atoms with Gasteiger partial charge in [0.1, 0.15) is 17.4 Å². The van der Waals surface area contributed by atoms with Crippen LogP contribution in [-0.4, -0.2) is 30.2 Å². The second-order valence-electron chi connectivity index (χ2n) is 7.78. The maximum absolute atomic E-state index is 5.25. The van der Waals surface area contributed by atoms with E-state index >= 15 is 0 Å². The quantitative estimate of drug-likeness (QED) is 0.560. The minimum absolute atomic E-state index is 0.579. The van der Waals surface area contributed by atoms with E-state index in [2.05, 4.69) is 47.6 Å². The summed E-state index contributed by atoms with van der Waals surface area (Å²) in [4.78, 5) is 11.9. The highest BCUT2D eigenvalue weighted by Gasteiger charge is 2.15. The minimum Gasteiger partial charge on any atom is -0.497 e. The number of nitrogens with zero attached hydrogens (tertiary/aromatic N) is 3. The molecule has 156 valence electrons. The van der Waals surface area contributed by atoms with Gasteiger partial charge in [0.2, 0.25) is 5.95 Å². The summed E-state index contributed by atoms with van der Waals surface area (Å²) < 4.78 is 5.25. The van der Waals surface area contributed by atoms with E-state index in [4.69, 9.17) is 14.7 Å². The smallest absolute Gasteiger partial charge is 0.231 e. The first-order chi connectivity index (χ1) is 14.6. The summed E-state index contributed by atoms with van der Waals surface area (Å²) in [5.41, 5.74) is 4.41. The van der Waals surface area contributed by atoms with Crippen molar-refractivity contribution >= 4 is 29.0 Å². The zero-order valence-corrected chi connectivity index (χ0v) is 17.9. The number of ether oxygens (including phenoxy) is 1. The van der Waals surface area contributed by atoms with Crippen LogP contribution in [0.1, 0.15) is 30.4 Å². The standard InChI is InChI=1S/C24H29N5O/c1-17-7-12-21(18(2)15-17)26-22-16-23(29-13-5-4-6-14-29)28-24(27-22)25-19-8-10-20(30-3)11-9-19/h7-12,15-16H,4-6,13-14H2,1-3H3,(H2,25,26,27,28). The summed E-state index contributed by atoms with van der Waals surface area (Å²) in [6, 6.07) is 16.2. The molecule has 1 fully saturated rings. The monoisotopic (exact) mass is 403 g/mol. The number of rotatable bonds is 6. The molecule has 0 aliphatic carbocycles. The Morgan fingerprint density at radius 2 is 1.63 bits per heavy atom. The molecule has 0 bridgehead atoms. The van der Waals surface area contributed by atoms with Gasteiger partial charge in [-0.3, -0.25) is 0 Å². The predicted octanol–water partition coefficient (Wildman–Crippen LogP) is 5.58. The summed E-state index contributed by atoms with van der Waals surface area (Å²) in [6.45, 7) is 6.27. The van der Waals surface area contributed by atoms with Gasteiger partial charge in [0.05, 0.1) is 7.11 Å². The first kappa shape index (κ1) is 20.0. The third-order valence-electron chi connectivity index (χ3n) is 5.38. The zero-order chi connectivity index (χ0) is 20.9. The molecule has 0 spiro atoms. The second kappa shape index (κ2) is 9.03. The first-order valence-electron chi connectivity index (χ1n) is 10.5. The van der Waals surface area contributed by atoms with Crippen molar-refractivity contribution < 1.29 is 4.74 Å². The fourth-order valence-corrected chi connectivity index (χ4v) is 3.73. The van der Waals surface area contributed by atoms with Crippen molar-refractivity contribution in [1.29, 1.82) is 0 Å². The predicted molar refractivity (Wildman–Crippen MR) is 124 cm³/mol.